The van der Waals surface area contributed by atoms with E-state index >= 15 is 0 Å². The molecule has 0 spiro atoms. The summed E-state index contributed by atoms with van der Waals surface area (Å²) in [6, 6.07) is 4.43. The second kappa shape index (κ2) is 8.54. The van der Waals surface area contributed by atoms with Crippen molar-refractivity contribution in [3.05, 3.63) is 41.6 Å². The van der Waals surface area contributed by atoms with Gasteiger partial charge in [-0.2, -0.15) is 0 Å². The van der Waals surface area contributed by atoms with Crippen molar-refractivity contribution in [3.63, 3.8) is 0 Å². The van der Waals surface area contributed by atoms with Gasteiger partial charge in [-0.05, 0) is 36.5 Å². The minimum atomic E-state index is -1.20. The molecule has 0 unspecified atom stereocenters. The lowest BCUT2D eigenvalue weighted by Crippen LogP contribution is -2.39. The van der Waals surface area contributed by atoms with E-state index < -0.39 is 17.5 Å². The van der Waals surface area contributed by atoms with Crippen LogP contribution in [-0.4, -0.2) is 57.5 Å². The van der Waals surface area contributed by atoms with Gasteiger partial charge in [-0.15, -0.1) is 5.10 Å². The van der Waals surface area contributed by atoms with Gasteiger partial charge in [-0.3, -0.25) is 9.78 Å². The number of amides is 1. The van der Waals surface area contributed by atoms with E-state index in [1.165, 1.54) is 19.2 Å². The van der Waals surface area contributed by atoms with E-state index in [1.54, 1.807) is 12.3 Å². The first kappa shape index (κ1) is 22.3. The molecule has 1 fully saturated rings. The molecule has 0 radical (unpaired) electrons. The zero-order valence-electron chi connectivity index (χ0n) is 18.8. The van der Waals surface area contributed by atoms with Gasteiger partial charge in [0, 0.05) is 32.2 Å². The molecule has 0 atom stereocenters. The first-order valence-electron chi connectivity index (χ1n) is 10.8. The Balaban J connectivity index is 1.57. The van der Waals surface area contributed by atoms with Crippen molar-refractivity contribution >= 4 is 16.9 Å². The summed E-state index contributed by atoms with van der Waals surface area (Å²) in [6.07, 6.45) is 3.55. The van der Waals surface area contributed by atoms with Crippen molar-refractivity contribution in [2.24, 2.45) is 5.41 Å². The van der Waals surface area contributed by atoms with E-state index in [2.05, 4.69) is 46.3 Å². The highest BCUT2D eigenvalue weighted by Gasteiger charge is 2.26. The summed E-state index contributed by atoms with van der Waals surface area (Å²) in [5, 5.41) is 10.9. The molecular formula is C23H28F2N6O. The van der Waals surface area contributed by atoms with Crippen LogP contribution >= 0.6 is 0 Å². The molecule has 3 aromatic rings. The predicted molar refractivity (Wildman–Crippen MR) is 118 cm³/mol. The molecule has 3 heterocycles. The third-order valence-corrected chi connectivity index (χ3v) is 5.79. The normalized spacial score (nSPS) is 15.9. The van der Waals surface area contributed by atoms with Crippen LogP contribution in [-0.2, 0) is 0 Å². The lowest BCUT2D eigenvalue weighted by Gasteiger charge is -2.35. The zero-order chi connectivity index (χ0) is 23.0. The number of carbonyl (C=O) groups is 1. The molecule has 9 heteroatoms. The Bertz CT molecular complexity index is 1150. The molecule has 32 heavy (non-hydrogen) atoms. The highest BCUT2D eigenvalue weighted by molar-refractivity contribution is 5.95. The summed E-state index contributed by atoms with van der Waals surface area (Å²) in [5.74, 6) is -3.00. The van der Waals surface area contributed by atoms with Crippen molar-refractivity contribution in [1.82, 2.24) is 30.2 Å². The van der Waals surface area contributed by atoms with Gasteiger partial charge in [0.25, 0.3) is 5.91 Å². The maximum absolute atomic E-state index is 14.7. The van der Waals surface area contributed by atoms with Crippen LogP contribution in [0.5, 0.6) is 0 Å². The summed E-state index contributed by atoms with van der Waals surface area (Å²) in [5.41, 5.74) is 1.47. The van der Waals surface area contributed by atoms with Crippen LogP contribution in [0.15, 0.2) is 24.4 Å². The molecule has 1 N–H and O–H groups in total. The molecule has 0 aliphatic carbocycles. The molecule has 7 nitrogen and oxygen atoms in total. The largest absolute Gasteiger partial charge is 0.355 e. The van der Waals surface area contributed by atoms with Crippen LogP contribution in [0.3, 0.4) is 0 Å². The van der Waals surface area contributed by atoms with Crippen molar-refractivity contribution < 1.29 is 13.6 Å². The van der Waals surface area contributed by atoms with Crippen LogP contribution < -0.4 is 5.32 Å². The number of halogens is 2. The maximum Gasteiger partial charge on any atom is 0.254 e. The van der Waals surface area contributed by atoms with Crippen LogP contribution in [0.2, 0.25) is 0 Å². The van der Waals surface area contributed by atoms with Crippen LogP contribution in [0.1, 0.15) is 50.0 Å². The van der Waals surface area contributed by atoms with E-state index in [1.807, 2.05) is 4.68 Å². The Morgan fingerprint density at radius 3 is 2.56 bits per heavy atom. The molecule has 4 rings (SSSR count). The predicted octanol–water partition coefficient (Wildman–Crippen LogP) is 3.81. The summed E-state index contributed by atoms with van der Waals surface area (Å²) in [6.45, 7) is 9.79. The van der Waals surface area contributed by atoms with Gasteiger partial charge in [-0.1, -0.05) is 26.0 Å². The van der Waals surface area contributed by atoms with Gasteiger partial charge in [0.1, 0.15) is 11.0 Å². The lowest BCUT2D eigenvalue weighted by molar-refractivity contribution is 0.0958. The summed E-state index contributed by atoms with van der Waals surface area (Å²) in [4.78, 5) is 18.5. The SMILES string of the molecule is CNC(=O)c1ccc(-c2cc3nnn(C4CCN(CC(C)(C)C)CC4)c3cn2)c(F)c1F. The maximum atomic E-state index is 14.7. The van der Waals surface area contributed by atoms with Crippen molar-refractivity contribution in [3.8, 4) is 11.3 Å². The molecule has 1 aliphatic rings. The van der Waals surface area contributed by atoms with E-state index in [9.17, 15) is 13.6 Å². The Kier molecular flexibility index (Phi) is 5.94. The lowest BCUT2D eigenvalue weighted by atomic mass is 9.94. The zero-order valence-corrected chi connectivity index (χ0v) is 18.8. The molecule has 0 bridgehead atoms. The number of rotatable bonds is 4. The fraction of sp³-hybridized carbons (Fsp3) is 0.478. The van der Waals surface area contributed by atoms with E-state index in [0.29, 0.717) is 5.52 Å². The number of piperidine rings is 1. The number of benzene rings is 1. The Morgan fingerprint density at radius 2 is 1.91 bits per heavy atom. The average molecular weight is 443 g/mol. The molecule has 2 aromatic heterocycles. The minimum absolute atomic E-state index is 0.0258. The van der Waals surface area contributed by atoms with Gasteiger partial charge in [0.15, 0.2) is 11.6 Å². The molecular weight excluding hydrogens is 414 g/mol. The third kappa shape index (κ3) is 4.34. The van der Waals surface area contributed by atoms with E-state index in [0.717, 1.165) is 38.0 Å². The minimum Gasteiger partial charge on any atom is -0.355 e. The van der Waals surface area contributed by atoms with Crippen molar-refractivity contribution in [2.75, 3.05) is 26.7 Å². The smallest absolute Gasteiger partial charge is 0.254 e. The fourth-order valence-corrected chi connectivity index (χ4v) is 4.31. The van der Waals surface area contributed by atoms with Crippen molar-refractivity contribution in [1.29, 1.82) is 0 Å². The molecule has 1 aromatic carbocycles. The van der Waals surface area contributed by atoms with Crippen LogP contribution in [0.4, 0.5) is 8.78 Å². The van der Waals surface area contributed by atoms with Gasteiger partial charge in [0.05, 0.1) is 23.5 Å². The Labute approximate surface area is 185 Å². The monoisotopic (exact) mass is 442 g/mol. The van der Waals surface area contributed by atoms with Gasteiger partial charge >= 0.3 is 0 Å². The van der Waals surface area contributed by atoms with Gasteiger partial charge in [0.2, 0.25) is 0 Å². The van der Waals surface area contributed by atoms with Crippen molar-refractivity contribution in [2.45, 2.75) is 39.7 Å². The first-order valence-corrected chi connectivity index (χ1v) is 10.8. The Morgan fingerprint density at radius 1 is 1.19 bits per heavy atom. The van der Waals surface area contributed by atoms with Gasteiger partial charge < -0.3 is 10.2 Å². The fourth-order valence-electron chi connectivity index (χ4n) is 4.31. The Hall–Kier alpha value is -2.94. The number of likely N-dealkylation sites (tertiary alicyclic amines) is 1. The summed E-state index contributed by atoms with van der Waals surface area (Å²) in [7, 11) is 1.36. The number of nitrogens with zero attached hydrogens (tertiary/aromatic N) is 5. The first-order chi connectivity index (χ1) is 15.2. The summed E-state index contributed by atoms with van der Waals surface area (Å²) < 4.78 is 30.9. The van der Waals surface area contributed by atoms with Crippen LogP contribution in [0.25, 0.3) is 22.3 Å². The van der Waals surface area contributed by atoms with E-state index in [-0.39, 0.29) is 28.3 Å². The molecule has 1 amide bonds. The molecule has 0 saturated carbocycles. The molecule has 1 aliphatic heterocycles. The second-order valence-electron chi connectivity index (χ2n) is 9.53. The molecule has 170 valence electrons. The number of hydrogen-bond acceptors (Lipinski definition) is 5. The summed E-state index contributed by atoms with van der Waals surface area (Å²) >= 11 is 0. The number of fused-ring (bicyclic) bond motifs is 1. The molecule has 1 saturated heterocycles. The highest BCUT2D eigenvalue weighted by atomic mass is 19.2. The topological polar surface area (TPSA) is 75.9 Å². The van der Waals surface area contributed by atoms with Crippen LogP contribution in [0, 0.1) is 17.0 Å². The number of carbonyl (C=O) groups excluding carboxylic acids is 1. The quantitative estimate of drug-likeness (QED) is 0.665. The highest BCUT2D eigenvalue weighted by Crippen LogP contribution is 2.30. The number of aromatic nitrogens is 4. The van der Waals surface area contributed by atoms with Gasteiger partial charge in [-0.25, -0.2) is 13.5 Å². The number of hydrogen-bond donors (Lipinski definition) is 1. The average Bonchev–Trinajstić information content (AvgIpc) is 3.18. The second-order valence-corrected chi connectivity index (χ2v) is 9.53. The van der Waals surface area contributed by atoms with E-state index in [4.69, 9.17) is 0 Å². The number of pyridine rings is 1. The standard InChI is InChI=1S/C23H28F2N6O/c1-23(2,3)13-30-9-7-14(8-10-30)31-19-12-27-17(11-18(19)28-29-31)15-5-6-16(22(32)26-4)21(25)20(15)24/h5-6,11-12,14H,7-10,13H2,1-4H3,(H,26,32). The number of nitrogens with one attached hydrogen (secondary N) is 1. The third-order valence-electron chi connectivity index (χ3n) is 5.79.